The van der Waals surface area contributed by atoms with Crippen molar-refractivity contribution in [3.05, 3.63) is 41.7 Å². The second kappa shape index (κ2) is 9.29. The minimum absolute atomic E-state index is 0.154. The summed E-state index contributed by atoms with van der Waals surface area (Å²) in [5, 5.41) is 3.33. The molecule has 0 spiro atoms. The van der Waals surface area contributed by atoms with Gasteiger partial charge in [-0.3, -0.25) is 4.79 Å². The van der Waals surface area contributed by atoms with Crippen LogP contribution in [0, 0.1) is 11.3 Å². The van der Waals surface area contributed by atoms with Crippen LogP contribution in [0.15, 0.2) is 36.2 Å². The van der Waals surface area contributed by atoms with Crippen LogP contribution < -0.4 is 15.8 Å². The fraction of sp³-hybridized carbons (Fsp3) is 0.640. The van der Waals surface area contributed by atoms with Gasteiger partial charge in [-0.2, -0.15) is 0 Å². The molecule has 1 aromatic carbocycles. The molecular weight excluding hydrogens is 395 g/mol. The number of carbonyl (C=O) groups is 1. The lowest BCUT2D eigenvalue weighted by Gasteiger charge is -2.53. The van der Waals surface area contributed by atoms with E-state index in [9.17, 15) is 9.18 Å². The standard InChI is InChI=1S/C25H35FN2O3/c1-30-16-18-12-21(13-18)28-23(29)25-9-6-24(7-10-25,8-11-25)20-2-4-22(5-3-20)31-17-19(14-26)15-27/h2-5,14,18,21H,6-13,15-17,27H2,1H3,(H,28,29)/b19-14+/t18-,21+,24?,25?. The molecule has 0 aromatic heterocycles. The number of nitrogens with two attached hydrogens (primary N) is 1. The summed E-state index contributed by atoms with van der Waals surface area (Å²) in [6.45, 7) is 1.12. The zero-order valence-corrected chi connectivity index (χ0v) is 18.5. The Morgan fingerprint density at radius 3 is 2.35 bits per heavy atom. The van der Waals surface area contributed by atoms with E-state index in [1.165, 1.54) is 5.56 Å². The Balaban J connectivity index is 1.32. The van der Waals surface area contributed by atoms with Crippen molar-refractivity contribution in [3.8, 4) is 5.75 Å². The number of methoxy groups -OCH3 is 1. The monoisotopic (exact) mass is 430 g/mol. The molecule has 5 rings (SSSR count). The summed E-state index contributed by atoms with van der Waals surface area (Å²) in [6.07, 6.45) is 8.66. The number of halogens is 1. The van der Waals surface area contributed by atoms with Crippen LogP contribution in [-0.2, 0) is 14.9 Å². The Bertz CT molecular complexity index is 777. The molecule has 0 aliphatic heterocycles. The molecule has 4 aliphatic carbocycles. The first kappa shape index (κ1) is 22.3. The van der Waals surface area contributed by atoms with Gasteiger partial charge in [-0.1, -0.05) is 12.1 Å². The maximum absolute atomic E-state index is 13.1. The average Bonchev–Trinajstić information content (AvgIpc) is 2.80. The predicted octanol–water partition coefficient (Wildman–Crippen LogP) is 4.01. The number of fused-ring (bicyclic) bond motifs is 3. The van der Waals surface area contributed by atoms with Crippen LogP contribution in [-0.4, -0.2) is 38.8 Å². The molecule has 4 aliphatic rings. The van der Waals surface area contributed by atoms with E-state index in [1.807, 2.05) is 12.1 Å². The fourth-order valence-corrected chi connectivity index (χ4v) is 5.74. The van der Waals surface area contributed by atoms with E-state index in [0.29, 0.717) is 23.9 Å². The zero-order valence-electron chi connectivity index (χ0n) is 18.5. The SMILES string of the molecule is COC[C@H]1C[C@@H](NC(=O)C23CCC(c4ccc(OC/C(=C/F)CN)cc4)(CC2)CC3)C1. The lowest BCUT2D eigenvalue weighted by atomic mass is 9.51. The summed E-state index contributed by atoms with van der Waals surface area (Å²) in [5.74, 6) is 1.60. The molecule has 0 radical (unpaired) electrons. The highest BCUT2D eigenvalue weighted by Gasteiger charge is 2.53. The molecule has 1 aromatic rings. The molecule has 0 unspecified atom stereocenters. The molecule has 0 saturated heterocycles. The molecule has 4 saturated carbocycles. The van der Waals surface area contributed by atoms with Crippen LogP contribution in [0.5, 0.6) is 5.75 Å². The van der Waals surface area contributed by atoms with Crippen LogP contribution in [0.4, 0.5) is 4.39 Å². The van der Waals surface area contributed by atoms with Gasteiger partial charge in [0, 0.05) is 37.3 Å². The Labute approximate surface area is 184 Å². The number of hydrogen-bond donors (Lipinski definition) is 2. The van der Waals surface area contributed by atoms with Gasteiger partial charge in [0.05, 0.1) is 6.33 Å². The highest BCUT2D eigenvalue weighted by atomic mass is 19.1. The predicted molar refractivity (Wildman–Crippen MR) is 119 cm³/mol. The molecule has 31 heavy (non-hydrogen) atoms. The molecule has 0 atom stereocenters. The van der Waals surface area contributed by atoms with Gasteiger partial charge in [-0.15, -0.1) is 0 Å². The molecular formula is C25H35FN2O3. The smallest absolute Gasteiger partial charge is 0.226 e. The van der Waals surface area contributed by atoms with E-state index in [4.69, 9.17) is 15.2 Å². The van der Waals surface area contributed by atoms with Gasteiger partial charge in [0.25, 0.3) is 0 Å². The van der Waals surface area contributed by atoms with Gasteiger partial charge < -0.3 is 20.5 Å². The number of carbonyl (C=O) groups excluding carboxylic acids is 1. The quantitative estimate of drug-likeness (QED) is 0.621. The summed E-state index contributed by atoms with van der Waals surface area (Å²) >= 11 is 0. The minimum Gasteiger partial charge on any atom is -0.489 e. The van der Waals surface area contributed by atoms with E-state index in [0.717, 1.165) is 63.7 Å². The van der Waals surface area contributed by atoms with Crippen molar-refractivity contribution in [3.63, 3.8) is 0 Å². The molecule has 4 fully saturated rings. The zero-order chi connectivity index (χ0) is 21.9. The van der Waals surface area contributed by atoms with Gasteiger partial charge >= 0.3 is 0 Å². The first-order valence-electron chi connectivity index (χ1n) is 11.5. The van der Waals surface area contributed by atoms with Crippen molar-refractivity contribution >= 4 is 5.91 Å². The normalized spacial score (nSPS) is 32.4. The summed E-state index contributed by atoms with van der Waals surface area (Å²) in [5.41, 5.74) is 7.24. The molecule has 1 amide bonds. The van der Waals surface area contributed by atoms with E-state index < -0.39 is 0 Å². The van der Waals surface area contributed by atoms with Crippen LogP contribution in [0.2, 0.25) is 0 Å². The fourth-order valence-electron chi connectivity index (χ4n) is 5.74. The average molecular weight is 431 g/mol. The lowest BCUT2D eigenvalue weighted by Crippen LogP contribution is -2.55. The van der Waals surface area contributed by atoms with Gasteiger partial charge in [0.15, 0.2) is 0 Å². The Morgan fingerprint density at radius 1 is 1.16 bits per heavy atom. The van der Waals surface area contributed by atoms with Gasteiger partial charge in [-0.05, 0) is 80.4 Å². The summed E-state index contributed by atoms with van der Waals surface area (Å²) in [4.78, 5) is 13.1. The summed E-state index contributed by atoms with van der Waals surface area (Å²) < 4.78 is 23.5. The van der Waals surface area contributed by atoms with Gasteiger partial charge in [-0.25, -0.2) is 4.39 Å². The maximum atomic E-state index is 13.1. The second-order valence-corrected chi connectivity index (χ2v) is 9.81. The van der Waals surface area contributed by atoms with Crippen molar-refractivity contribution < 1.29 is 18.7 Å². The van der Waals surface area contributed by atoms with Crippen molar-refractivity contribution in [2.75, 3.05) is 26.9 Å². The maximum Gasteiger partial charge on any atom is 0.226 e. The number of nitrogens with one attached hydrogen (secondary N) is 1. The summed E-state index contributed by atoms with van der Waals surface area (Å²) in [7, 11) is 1.74. The molecule has 3 N–H and O–H groups in total. The van der Waals surface area contributed by atoms with Crippen LogP contribution >= 0.6 is 0 Å². The highest BCUT2D eigenvalue weighted by molar-refractivity contribution is 5.83. The summed E-state index contributed by atoms with van der Waals surface area (Å²) in [6, 6.07) is 8.54. The van der Waals surface area contributed by atoms with Crippen molar-refractivity contribution in [1.29, 1.82) is 0 Å². The Kier molecular flexibility index (Phi) is 6.68. The number of ether oxygens (including phenoxy) is 2. The van der Waals surface area contributed by atoms with Crippen LogP contribution in [0.25, 0.3) is 0 Å². The van der Waals surface area contributed by atoms with Crippen molar-refractivity contribution in [1.82, 2.24) is 5.32 Å². The van der Waals surface area contributed by atoms with Gasteiger partial charge in [0.2, 0.25) is 5.91 Å². The third kappa shape index (κ3) is 4.51. The Hall–Kier alpha value is -1.92. The number of benzene rings is 1. The van der Waals surface area contributed by atoms with Crippen LogP contribution in [0.1, 0.15) is 56.9 Å². The topological polar surface area (TPSA) is 73.6 Å². The molecule has 170 valence electrons. The Morgan fingerprint density at radius 2 is 1.81 bits per heavy atom. The largest absolute Gasteiger partial charge is 0.489 e. The minimum atomic E-state index is -0.172. The van der Waals surface area contributed by atoms with E-state index >= 15 is 0 Å². The molecule has 2 bridgehead atoms. The van der Waals surface area contributed by atoms with E-state index in [-0.39, 0.29) is 29.9 Å². The number of amides is 1. The first-order valence-corrected chi connectivity index (χ1v) is 11.5. The molecule has 5 nitrogen and oxygen atoms in total. The highest BCUT2D eigenvalue weighted by Crippen LogP contribution is 2.58. The first-order chi connectivity index (χ1) is 15.0. The van der Waals surface area contributed by atoms with E-state index in [1.54, 1.807) is 7.11 Å². The third-order valence-corrected chi connectivity index (χ3v) is 8.01. The molecule has 0 heterocycles. The number of rotatable bonds is 9. The number of hydrogen-bond acceptors (Lipinski definition) is 4. The molecule has 6 heteroatoms. The second-order valence-electron chi connectivity index (χ2n) is 9.81. The van der Waals surface area contributed by atoms with E-state index in [2.05, 4.69) is 17.4 Å². The third-order valence-electron chi connectivity index (χ3n) is 8.01. The van der Waals surface area contributed by atoms with Crippen LogP contribution in [0.3, 0.4) is 0 Å². The lowest BCUT2D eigenvalue weighted by molar-refractivity contribution is -0.139. The van der Waals surface area contributed by atoms with Gasteiger partial charge in [0.1, 0.15) is 12.4 Å². The van der Waals surface area contributed by atoms with Crippen molar-refractivity contribution in [2.24, 2.45) is 17.1 Å². The van der Waals surface area contributed by atoms with Crippen molar-refractivity contribution in [2.45, 2.75) is 62.8 Å².